The number of benzene rings is 1. The van der Waals surface area contributed by atoms with E-state index < -0.39 is 0 Å². The third kappa shape index (κ3) is 4.13. The van der Waals surface area contributed by atoms with E-state index in [9.17, 15) is 4.79 Å². The number of nitrogens with one attached hydrogen (secondary N) is 1. The number of rotatable bonds is 6. The van der Waals surface area contributed by atoms with Crippen molar-refractivity contribution in [1.29, 1.82) is 0 Å². The van der Waals surface area contributed by atoms with Crippen LogP contribution in [0, 0.1) is 20.8 Å². The molecule has 1 N–H and O–H groups in total. The molecule has 2 heterocycles. The number of thioether (sulfide) groups is 1. The molecule has 7 heteroatoms. The van der Waals surface area contributed by atoms with Crippen molar-refractivity contribution in [3.8, 4) is 0 Å². The van der Waals surface area contributed by atoms with E-state index >= 15 is 0 Å². The SMILES string of the molecule is Cc1ccc(Cc2c(C)nc3nc(SCC(=O)NC4CC4)nn3c2C)cc1. The van der Waals surface area contributed by atoms with Crippen LogP contribution in [0.3, 0.4) is 0 Å². The van der Waals surface area contributed by atoms with Crippen molar-refractivity contribution in [2.24, 2.45) is 0 Å². The molecule has 1 aliphatic carbocycles. The number of carbonyl (C=O) groups excluding carboxylic acids is 1. The summed E-state index contributed by atoms with van der Waals surface area (Å²) in [6.07, 6.45) is 3.00. The average Bonchev–Trinajstić information content (AvgIpc) is 3.35. The second-order valence-corrected chi connectivity index (χ2v) is 8.10. The van der Waals surface area contributed by atoms with E-state index in [-0.39, 0.29) is 5.91 Å². The fraction of sp³-hybridized carbons (Fsp3) is 0.400. The predicted molar refractivity (Wildman–Crippen MR) is 106 cm³/mol. The number of nitrogens with zero attached hydrogens (tertiary/aromatic N) is 4. The predicted octanol–water partition coefficient (Wildman–Crippen LogP) is 3.01. The van der Waals surface area contributed by atoms with Gasteiger partial charge in [0.15, 0.2) is 0 Å². The highest BCUT2D eigenvalue weighted by Crippen LogP contribution is 2.22. The number of aromatic nitrogens is 4. The molecular formula is C20H23N5OS. The molecule has 0 saturated heterocycles. The molecule has 0 atom stereocenters. The van der Waals surface area contributed by atoms with Gasteiger partial charge in [-0.3, -0.25) is 4.79 Å². The van der Waals surface area contributed by atoms with Gasteiger partial charge < -0.3 is 5.32 Å². The molecule has 0 radical (unpaired) electrons. The van der Waals surface area contributed by atoms with Crippen molar-refractivity contribution in [3.05, 3.63) is 52.3 Å². The normalized spacial score (nSPS) is 13.9. The molecule has 2 aromatic heterocycles. The lowest BCUT2D eigenvalue weighted by Crippen LogP contribution is -2.27. The largest absolute Gasteiger partial charge is 0.353 e. The van der Waals surface area contributed by atoms with Crippen LogP contribution in [0.5, 0.6) is 0 Å². The molecule has 140 valence electrons. The van der Waals surface area contributed by atoms with Gasteiger partial charge in [0, 0.05) is 23.9 Å². The van der Waals surface area contributed by atoms with E-state index in [0.717, 1.165) is 30.7 Å². The molecule has 1 aromatic carbocycles. The Morgan fingerprint density at radius 1 is 1.19 bits per heavy atom. The Hall–Kier alpha value is -2.41. The molecule has 1 fully saturated rings. The summed E-state index contributed by atoms with van der Waals surface area (Å²) in [4.78, 5) is 21.0. The highest BCUT2D eigenvalue weighted by Gasteiger charge is 2.23. The number of hydrogen-bond donors (Lipinski definition) is 1. The van der Waals surface area contributed by atoms with Gasteiger partial charge in [-0.05, 0) is 44.7 Å². The maximum atomic E-state index is 11.9. The van der Waals surface area contributed by atoms with Crippen LogP contribution < -0.4 is 5.32 Å². The molecule has 0 unspecified atom stereocenters. The minimum absolute atomic E-state index is 0.0438. The monoisotopic (exact) mass is 381 g/mol. The van der Waals surface area contributed by atoms with Crippen molar-refractivity contribution < 1.29 is 4.79 Å². The number of fused-ring (bicyclic) bond motifs is 1. The van der Waals surface area contributed by atoms with Gasteiger partial charge in [-0.2, -0.15) is 4.98 Å². The molecule has 6 nitrogen and oxygen atoms in total. The van der Waals surface area contributed by atoms with Crippen LogP contribution in [0.15, 0.2) is 29.4 Å². The van der Waals surface area contributed by atoms with Gasteiger partial charge in [-0.15, -0.1) is 5.10 Å². The zero-order valence-corrected chi connectivity index (χ0v) is 16.6. The zero-order valence-electron chi connectivity index (χ0n) is 15.8. The van der Waals surface area contributed by atoms with Crippen LogP contribution >= 0.6 is 11.8 Å². The van der Waals surface area contributed by atoms with Gasteiger partial charge in [0.05, 0.1) is 5.75 Å². The van der Waals surface area contributed by atoms with Crippen LogP contribution in [0.4, 0.5) is 0 Å². The molecule has 1 saturated carbocycles. The van der Waals surface area contributed by atoms with E-state index in [1.807, 2.05) is 13.8 Å². The lowest BCUT2D eigenvalue weighted by atomic mass is 10.0. The molecule has 0 bridgehead atoms. The van der Waals surface area contributed by atoms with E-state index in [1.54, 1.807) is 4.52 Å². The Bertz CT molecular complexity index is 992. The Morgan fingerprint density at radius 3 is 2.63 bits per heavy atom. The average molecular weight is 382 g/mol. The van der Waals surface area contributed by atoms with Crippen LogP contribution in [0.2, 0.25) is 0 Å². The first kappa shape index (κ1) is 18.0. The van der Waals surface area contributed by atoms with Gasteiger partial charge >= 0.3 is 0 Å². The van der Waals surface area contributed by atoms with Crippen LogP contribution in [0.1, 0.15) is 40.9 Å². The highest BCUT2D eigenvalue weighted by atomic mass is 32.2. The summed E-state index contributed by atoms with van der Waals surface area (Å²) < 4.78 is 1.79. The van der Waals surface area contributed by atoms with Crippen LogP contribution in [-0.4, -0.2) is 37.3 Å². The van der Waals surface area contributed by atoms with Crippen molar-refractivity contribution in [1.82, 2.24) is 24.9 Å². The number of hydrogen-bond acceptors (Lipinski definition) is 5. The lowest BCUT2D eigenvalue weighted by molar-refractivity contribution is -0.118. The van der Waals surface area contributed by atoms with E-state index in [0.29, 0.717) is 22.7 Å². The van der Waals surface area contributed by atoms with Crippen molar-refractivity contribution in [3.63, 3.8) is 0 Å². The fourth-order valence-corrected chi connectivity index (χ4v) is 3.67. The molecule has 27 heavy (non-hydrogen) atoms. The quantitative estimate of drug-likeness (QED) is 0.665. The topological polar surface area (TPSA) is 72.2 Å². The summed E-state index contributed by atoms with van der Waals surface area (Å²) in [5, 5.41) is 8.13. The first-order valence-electron chi connectivity index (χ1n) is 9.20. The molecule has 3 aromatic rings. The summed E-state index contributed by atoms with van der Waals surface area (Å²) in [6.45, 7) is 6.16. The first-order valence-corrected chi connectivity index (χ1v) is 10.2. The molecule has 0 spiro atoms. The van der Waals surface area contributed by atoms with Crippen molar-refractivity contribution in [2.75, 3.05) is 5.75 Å². The number of aryl methyl sites for hydroxylation is 3. The smallest absolute Gasteiger partial charge is 0.253 e. The lowest BCUT2D eigenvalue weighted by Gasteiger charge is -2.10. The first-order chi connectivity index (χ1) is 13.0. The van der Waals surface area contributed by atoms with Crippen LogP contribution in [-0.2, 0) is 11.2 Å². The van der Waals surface area contributed by atoms with E-state index in [2.05, 4.69) is 51.6 Å². The molecule has 1 aliphatic rings. The minimum Gasteiger partial charge on any atom is -0.353 e. The van der Waals surface area contributed by atoms with Crippen LogP contribution in [0.25, 0.3) is 5.78 Å². The maximum absolute atomic E-state index is 11.9. The van der Waals surface area contributed by atoms with Crippen molar-refractivity contribution in [2.45, 2.75) is 51.2 Å². The van der Waals surface area contributed by atoms with Gasteiger partial charge in [0.1, 0.15) is 0 Å². The second-order valence-electron chi connectivity index (χ2n) is 7.16. The summed E-state index contributed by atoms with van der Waals surface area (Å²) in [6, 6.07) is 8.94. The molecule has 0 aliphatic heterocycles. The van der Waals surface area contributed by atoms with Gasteiger partial charge in [-0.1, -0.05) is 41.6 Å². The summed E-state index contributed by atoms with van der Waals surface area (Å²) >= 11 is 1.35. The number of amides is 1. The molecule has 4 rings (SSSR count). The Morgan fingerprint density at radius 2 is 1.93 bits per heavy atom. The Kier molecular flexibility index (Phi) is 4.86. The third-order valence-corrected chi connectivity index (χ3v) is 5.64. The van der Waals surface area contributed by atoms with Gasteiger partial charge in [0.2, 0.25) is 11.1 Å². The summed E-state index contributed by atoms with van der Waals surface area (Å²) in [5.41, 5.74) is 5.68. The van der Waals surface area contributed by atoms with E-state index in [4.69, 9.17) is 0 Å². The maximum Gasteiger partial charge on any atom is 0.253 e. The molecular weight excluding hydrogens is 358 g/mol. The van der Waals surface area contributed by atoms with Gasteiger partial charge in [0.25, 0.3) is 5.78 Å². The summed E-state index contributed by atoms with van der Waals surface area (Å²) in [5.74, 6) is 0.965. The zero-order chi connectivity index (χ0) is 19.0. The Balaban J connectivity index is 1.54. The van der Waals surface area contributed by atoms with Crippen molar-refractivity contribution >= 4 is 23.4 Å². The third-order valence-electron chi connectivity index (χ3n) is 4.81. The minimum atomic E-state index is 0.0438. The Labute approximate surface area is 162 Å². The van der Waals surface area contributed by atoms with Gasteiger partial charge in [-0.25, -0.2) is 9.50 Å². The summed E-state index contributed by atoms with van der Waals surface area (Å²) in [7, 11) is 0. The van der Waals surface area contributed by atoms with E-state index in [1.165, 1.54) is 28.5 Å². The standard InChI is InChI=1S/C20H23N5OS/c1-12-4-6-15(7-5-12)10-17-13(2)21-19-23-20(24-25(19)14(17)3)27-11-18(26)22-16-8-9-16/h4-7,16H,8-11H2,1-3H3,(H,22,26). The number of carbonyl (C=O) groups is 1. The highest BCUT2D eigenvalue weighted by molar-refractivity contribution is 7.99. The second kappa shape index (κ2) is 7.31. The molecule has 1 amide bonds. The fourth-order valence-electron chi connectivity index (χ4n) is 3.04.